The number of methoxy groups -OCH3 is 4. The van der Waals surface area contributed by atoms with Gasteiger partial charge in [0.1, 0.15) is 6.23 Å². The number of unbranched alkanes of at least 4 members (excludes halogenated alkanes) is 4. The Balaban J connectivity index is 0.00000196. The topological polar surface area (TPSA) is 148 Å². The number of nitrogens with one attached hydrogen (secondary N) is 2. The number of ether oxygens (including phenoxy) is 4. The van der Waals surface area contributed by atoms with Crippen molar-refractivity contribution in [1.29, 1.82) is 0 Å². The molecule has 0 amide bonds. The SMILES string of the molecule is COC1(OC)C=CC(C(CCCCCNCCC(O)NCCCCCC(C2=CCC(OC)(OC)C=C2)(c2ccccc2)c2ccccc2)(c2ccccc2)c2ccccc2)=CC1.NP(O)O. The summed E-state index contributed by atoms with van der Waals surface area (Å²) in [6.07, 6.45) is 22.9. The summed E-state index contributed by atoms with van der Waals surface area (Å²) >= 11 is 0. The minimum absolute atomic E-state index is 0.282. The molecular formula is C55H74N3O7P. The maximum Gasteiger partial charge on any atom is 0.247 e. The zero-order chi connectivity index (χ0) is 47.1. The summed E-state index contributed by atoms with van der Waals surface area (Å²) in [6.45, 7) is 2.49. The number of aliphatic hydroxyl groups is 1. The monoisotopic (exact) mass is 920 g/mol. The van der Waals surface area contributed by atoms with Gasteiger partial charge in [0.15, 0.2) is 11.6 Å². The molecule has 0 aromatic heterocycles. The van der Waals surface area contributed by atoms with Crippen molar-refractivity contribution in [3.63, 3.8) is 0 Å². The van der Waals surface area contributed by atoms with Gasteiger partial charge < -0.3 is 39.2 Å². The Morgan fingerprint density at radius 2 is 0.894 bits per heavy atom. The number of nitrogens with two attached hydrogens (primary N) is 1. The van der Waals surface area contributed by atoms with Crippen molar-refractivity contribution < 1.29 is 33.8 Å². The molecule has 0 saturated carbocycles. The predicted octanol–water partition coefficient (Wildman–Crippen LogP) is 9.87. The second-order valence-corrected chi connectivity index (χ2v) is 17.7. The number of hydrogen-bond acceptors (Lipinski definition) is 10. The van der Waals surface area contributed by atoms with Crippen LogP contribution >= 0.6 is 8.53 Å². The summed E-state index contributed by atoms with van der Waals surface area (Å²) in [7, 11) is 4.69. The molecule has 0 heterocycles. The fourth-order valence-corrected chi connectivity index (χ4v) is 9.62. The standard InChI is InChI=1S/C55H70N2O5.H4NO2P/c1-59-52(60-2)38-31-49(32-39-52)54(45-23-11-5-12-24-45,46-25-13-6-14-26-46)36-19-9-21-42-56-44-35-51(58)57-43-22-10-20-37-55(47-27-15-7-16-28-47,48-29-17-8-18-30-48)50-33-40-53(61-3,62-4)41-34-50;1-4(2)3/h5-8,11-18,23-34,38,40,51,56-58H,9-10,19-22,35-37,39,41-44H2,1-4H3;2-3H,1H2. The van der Waals surface area contributed by atoms with Gasteiger partial charge in [-0.15, -0.1) is 0 Å². The highest BCUT2D eigenvalue weighted by Gasteiger charge is 2.41. The maximum atomic E-state index is 10.8. The van der Waals surface area contributed by atoms with Gasteiger partial charge in [-0.1, -0.05) is 171 Å². The summed E-state index contributed by atoms with van der Waals surface area (Å²) in [6, 6.07) is 43.6. The number of rotatable bonds is 26. The number of aliphatic hydroxyl groups excluding tert-OH is 1. The molecule has 0 bridgehead atoms. The highest BCUT2D eigenvalue weighted by molar-refractivity contribution is 7.42. The van der Waals surface area contributed by atoms with E-state index >= 15 is 0 Å². The molecule has 1 unspecified atom stereocenters. The summed E-state index contributed by atoms with van der Waals surface area (Å²) in [5, 5.41) is 17.8. The zero-order valence-electron chi connectivity index (χ0n) is 39.5. The van der Waals surface area contributed by atoms with Gasteiger partial charge in [-0.2, -0.15) is 0 Å². The van der Waals surface area contributed by atoms with Gasteiger partial charge >= 0.3 is 0 Å². The molecule has 0 saturated heterocycles. The van der Waals surface area contributed by atoms with E-state index in [9.17, 15) is 5.11 Å². The Kier molecular flexibility index (Phi) is 21.6. The lowest BCUT2D eigenvalue weighted by Crippen LogP contribution is -2.36. The molecule has 0 spiro atoms. The smallest absolute Gasteiger partial charge is 0.247 e. The van der Waals surface area contributed by atoms with E-state index in [2.05, 4.69) is 174 Å². The highest BCUT2D eigenvalue weighted by atomic mass is 31.2. The molecule has 2 aliphatic carbocycles. The zero-order valence-corrected chi connectivity index (χ0v) is 40.4. The molecule has 1 atom stereocenters. The van der Waals surface area contributed by atoms with Crippen LogP contribution in [0.3, 0.4) is 0 Å². The Bertz CT molecular complexity index is 2010. The van der Waals surface area contributed by atoms with Crippen LogP contribution in [0.25, 0.3) is 0 Å². The van der Waals surface area contributed by atoms with Crippen LogP contribution in [0.2, 0.25) is 0 Å². The molecule has 0 aliphatic heterocycles. The average molecular weight is 920 g/mol. The van der Waals surface area contributed by atoms with Crippen molar-refractivity contribution in [2.75, 3.05) is 48.1 Å². The van der Waals surface area contributed by atoms with Crippen LogP contribution < -0.4 is 16.1 Å². The predicted molar refractivity (Wildman–Crippen MR) is 268 cm³/mol. The van der Waals surface area contributed by atoms with Crippen LogP contribution in [-0.4, -0.2) is 80.8 Å². The third-order valence-electron chi connectivity index (χ3n) is 13.3. The lowest BCUT2D eigenvalue weighted by atomic mass is 9.65. The van der Waals surface area contributed by atoms with Crippen LogP contribution in [0.15, 0.2) is 169 Å². The summed E-state index contributed by atoms with van der Waals surface area (Å²) < 4.78 is 23.1. The molecule has 7 N–H and O–H groups in total. The third-order valence-corrected chi connectivity index (χ3v) is 13.3. The van der Waals surface area contributed by atoms with Crippen LogP contribution in [0.1, 0.15) is 92.9 Å². The summed E-state index contributed by atoms with van der Waals surface area (Å²) in [4.78, 5) is 14.9. The molecule has 6 rings (SSSR count). The molecule has 0 fully saturated rings. The Labute approximate surface area is 395 Å². The van der Waals surface area contributed by atoms with E-state index in [0.717, 1.165) is 71.0 Å². The first-order valence-corrected chi connectivity index (χ1v) is 24.7. The largest absolute Gasteiger partial charge is 0.379 e. The summed E-state index contributed by atoms with van der Waals surface area (Å²) in [5.74, 6) is -1.47. The lowest BCUT2D eigenvalue weighted by molar-refractivity contribution is -0.168. The van der Waals surface area contributed by atoms with Crippen molar-refractivity contribution in [2.24, 2.45) is 5.50 Å². The minimum Gasteiger partial charge on any atom is -0.379 e. The normalized spacial score (nSPS) is 16.0. The van der Waals surface area contributed by atoms with Crippen LogP contribution in [0.5, 0.6) is 0 Å². The maximum absolute atomic E-state index is 10.8. The molecule has 356 valence electrons. The quantitative estimate of drug-likeness (QED) is 0.0204. The molecule has 4 aromatic rings. The van der Waals surface area contributed by atoms with Crippen molar-refractivity contribution in [3.8, 4) is 0 Å². The van der Waals surface area contributed by atoms with E-state index in [1.807, 2.05) is 0 Å². The van der Waals surface area contributed by atoms with E-state index < -0.39 is 26.3 Å². The molecule has 2 aliphatic rings. The van der Waals surface area contributed by atoms with E-state index in [0.29, 0.717) is 19.3 Å². The lowest BCUT2D eigenvalue weighted by Gasteiger charge is -2.40. The second-order valence-electron chi connectivity index (χ2n) is 17.1. The van der Waals surface area contributed by atoms with Crippen molar-refractivity contribution in [2.45, 2.75) is 99.3 Å². The van der Waals surface area contributed by atoms with Gasteiger partial charge in [-0.25, -0.2) is 0 Å². The molecule has 10 nitrogen and oxygen atoms in total. The van der Waals surface area contributed by atoms with Gasteiger partial charge in [0.2, 0.25) is 8.53 Å². The van der Waals surface area contributed by atoms with E-state index in [1.165, 1.54) is 33.4 Å². The second kappa shape index (κ2) is 27.0. The first-order chi connectivity index (χ1) is 32.1. The molecule has 11 heteroatoms. The van der Waals surface area contributed by atoms with Gasteiger partial charge in [0.05, 0.1) is 0 Å². The van der Waals surface area contributed by atoms with E-state index in [1.54, 1.807) is 28.4 Å². The van der Waals surface area contributed by atoms with Gasteiger partial charge in [0.25, 0.3) is 0 Å². The molecule has 4 aromatic carbocycles. The number of hydrogen-bond donors (Lipinski definition) is 6. The minimum atomic E-state index is -2.12. The fraction of sp³-hybridized carbons (Fsp3) is 0.418. The van der Waals surface area contributed by atoms with Gasteiger partial charge in [-0.3, -0.25) is 10.8 Å². The van der Waals surface area contributed by atoms with Crippen molar-refractivity contribution in [1.82, 2.24) is 10.6 Å². The van der Waals surface area contributed by atoms with Crippen molar-refractivity contribution in [3.05, 3.63) is 191 Å². The third kappa shape index (κ3) is 14.0. The van der Waals surface area contributed by atoms with Crippen LogP contribution in [-0.2, 0) is 29.8 Å². The number of allylic oxidation sites excluding steroid dienone is 4. The molecule has 66 heavy (non-hydrogen) atoms. The average Bonchev–Trinajstić information content (AvgIpc) is 3.37. The van der Waals surface area contributed by atoms with E-state index in [4.69, 9.17) is 28.7 Å². The van der Waals surface area contributed by atoms with Gasteiger partial charge in [-0.05, 0) is 97.3 Å². The Morgan fingerprint density at radius 1 is 0.545 bits per heavy atom. The first-order valence-electron chi connectivity index (χ1n) is 23.4. The molecule has 0 radical (unpaired) electrons. The molecular weight excluding hydrogens is 846 g/mol. The van der Waals surface area contributed by atoms with Crippen LogP contribution in [0, 0.1) is 0 Å². The fourth-order valence-electron chi connectivity index (χ4n) is 9.62. The highest BCUT2D eigenvalue weighted by Crippen LogP contribution is 2.48. The van der Waals surface area contributed by atoms with Gasteiger partial charge in [0, 0.05) is 52.1 Å². The van der Waals surface area contributed by atoms with E-state index in [-0.39, 0.29) is 10.8 Å². The van der Waals surface area contributed by atoms with Crippen LogP contribution in [0.4, 0.5) is 0 Å². The summed E-state index contributed by atoms with van der Waals surface area (Å²) in [5.41, 5.74) is 11.4. The Hall–Kier alpha value is -4.13. The number of benzene rings is 4. The Morgan fingerprint density at radius 3 is 1.21 bits per heavy atom. The first kappa shape index (κ1) is 52.8. The van der Waals surface area contributed by atoms with Crippen molar-refractivity contribution >= 4 is 8.53 Å².